The van der Waals surface area contributed by atoms with E-state index in [2.05, 4.69) is 10.8 Å². The molecule has 4 heteroatoms. The van der Waals surface area contributed by atoms with Gasteiger partial charge in [-0.2, -0.15) is 0 Å². The Hall–Kier alpha value is -0.610. The van der Waals surface area contributed by atoms with Crippen molar-refractivity contribution in [3.05, 3.63) is 0 Å². The predicted molar refractivity (Wildman–Crippen MR) is 54.6 cm³/mol. The summed E-state index contributed by atoms with van der Waals surface area (Å²) in [7, 11) is 0. The molecule has 0 aromatic rings. The molecule has 1 unspecified atom stereocenters. The van der Waals surface area contributed by atoms with Crippen molar-refractivity contribution >= 4 is 5.91 Å². The lowest BCUT2D eigenvalue weighted by Gasteiger charge is -2.19. The second kappa shape index (κ2) is 4.75. The molecule has 2 N–H and O–H groups in total. The molecule has 0 saturated carbocycles. The highest BCUT2D eigenvalue weighted by molar-refractivity contribution is 5.75. The molecule has 1 aliphatic heterocycles. The minimum atomic E-state index is -0.321. The van der Waals surface area contributed by atoms with Crippen LogP contribution in [0.5, 0.6) is 0 Å². The van der Waals surface area contributed by atoms with Crippen molar-refractivity contribution in [1.29, 1.82) is 0 Å². The van der Waals surface area contributed by atoms with Crippen molar-refractivity contribution in [3.8, 4) is 0 Å². The summed E-state index contributed by atoms with van der Waals surface area (Å²) in [5, 5.41) is 3.27. The third-order valence-electron chi connectivity index (χ3n) is 2.07. The zero-order valence-electron chi connectivity index (χ0n) is 9.22. The van der Waals surface area contributed by atoms with Gasteiger partial charge in [-0.05, 0) is 40.2 Å². The van der Waals surface area contributed by atoms with Crippen LogP contribution in [0.15, 0.2) is 0 Å². The lowest BCUT2D eigenvalue weighted by molar-refractivity contribution is -0.146. The number of amides is 1. The number of rotatable bonds is 3. The number of hydrogen-bond acceptors (Lipinski definition) is 3. The molecule has 1 aliphatic rings. The molecule has 1 amide bonds. The Morgan fingerprint density at radius 1 is 1.57 bits per heavy atom. The van der Waals surface area contributed by atoms with E-state index in [1.165, 1.54) is 0 Å². The van der Waals surface area contributed by atoms with E-state index in [-0.39, 0.29) is 11.5 Å². The van der Waals surface area contributed by atoms with Crippen molar-refractivity contribution < 1.29 is 9.63 Å². The van der Waals surface area contributed by atoms with E-state index in [0.29, 0.717) is 12.5 Å². The van der Waals surface area contributed by atoms with Gasteiger partial charge in [0.15, 0.2) is 0 Å². The van der Waals surface area contributed by atoms with Gasteiger partial charge in [-0.1, -0.05) is 0 Å². The molecule has 4 nitrogen and oxygen atoms in total. The van der Waals surface area contributed by atoms with Crippen LogP contribution in [0.2, 0.25) is 0 Å². The topological polar surface area (TPSA) is 50.4 Å². The van der Waals surface area contributed by atoms with Gasteiger partial charge in [0.25, 0.3) is 0 Å². The molecular formula is C10H20N2O2. The van der Waals surface area contributed by atoms with Crippen LogP contribution in [-0.2, 0) is 9.63 Å². The fourth-order valence-corrected chi connectivity index (χ4v) is 1.41. The SMILES string of the molecule is CC(C)(C)ONC(=O)CC1CCCN1. The molecule has 0 spiro atoms. The van der Waals surface area contributed by atoms with Crippen LogP contribution in [0, 0.1) is 0 Å². The minimum Gasteiger partial charge on any atom is -0.313 e. The van der Waals surface area contributed by atoms with Gasteiger partial charge in [0.05, 0.1) is 5.60 Å². The summed E-state index contributed by atoms with van der Waals surface area (Å²) in [4.78, 5) is 16.5. The van der Waals surface area contributed by atoms with E-state index in [1.807, 2.05) is 20.8 Å². The van der Waals surface area contributed by atoms with Crippen LogP contribution in [0.25, 0.3) is 0 Å². The second-order valence-corrected chi connectivity index (χ2v) is 4.74. The maximum absolute atomic E-state index is 11.4. The molecule has 1 saturated heterocycles. The Bertz CT molecular complexity index is 193. The van der Waals surface area contributed by atoms with Crippen molar-refractivity contribution in [1.82, 2.24) is 10.8 Å². The highest BCUT2D eigenvalue weighted by Gasteiger charge is 2.19. The Labute approximate surface area is 85.3 Å². The Morgan fingerprint density at radius 3 is 2.79 bits per heavy atom. The van der Waals surface area contributed by atoms with Gasteiger partial charge in [-0.25, -0.2) is 5.48 Å². The summed E-state index contributed by atoms with van der Waals surface area (Å²) in [6, 6.07) is 0.332. The highest BCUT2D eigenvalue weighted by atomic mass is 16.7. The van der Waals surface area contributed by atoms with Crippen LogP contribution in [0.4, 0.5) is 0 Å². The summed E-state index contributed by atoms with van der Waals surface area (Å²) in [6.07, 6.45) is 2.76. The molecule has 0 aromatic carbocycles. The van der Waals surface area contributed by atoms with Gasteiger partial charge in [0, 0.05) is 12.5 Å². The summed E-state index contributed by atoms with van der Waals surface area (Å²) >= 11 is 0. The number of carbonyl (C=O) groups is 1. The summed E-state index contributed by atoms with van der Waals surface area (Å²) in [6.45, 7) is 6.74. The van der Waals surface area contributed by atoms with Gasteiger partial charge in [0.1, 0.15) is 0 Å². The Balaban J connectivity index is 2.15. The van der Waals surface area contributed by atoms with Gasteiger partial charge in [0.2, 0.25) is 5.91 Å². The predicted octanol–water partition coefficient (Wildman–Crippen LogP) is 0.975. The molecule has 0 aromatic heterocycles. The zero-order chi connectivity index (χ0) is 10.6. The molecule has 14 heavy (non-hydrogen) atoms. The number of carbonyl (C=O) groups excluding carboxylic acids is 1. The van der Waals surface area contributed by atoms with Crippen LogP contribution < -0.4 is 10.8 Å². The average molecular weight is 200 g/mol. The van der Waals surface area contributed by atoms with Crippen LogP contribution >= 0.6 is 0 Å². The van der Waals surface area contributed by atoms with E-state index >= 15 is 0 Å². The Morgan fingerprint density at radius 2 is 2.29 bits per heavy atom. The third-order valence-corrected chi connectivity index (χ3v) is 2.07. The molecule has 1 atom stereocenters. The van der Waals surface area contributed by atoms with Gasteiger partial charge in [-0.3, -0.25) is 9.63 Å². The number of hydrogen-bond donors (Lipinski definition) is 2. The molecule has 1 fully saturated rings. The molecular weight excluding hydrogens is 180 g/mol. The first-order valence-corrected chi connectivity index (χ1v) is 5.17. The van der Waals surface area contributed by atoms with Crippen LogP contribution in [0.1, 0.15) is 40.0 Å². The van der Waals surface area contributed by atoms with E-state index in [0.717, 1.165) is 19.4 Å². The van der Waals surface area contributed by atoms with Crippen molar-refractivity contribution in [2.45, 2.75) is 51.7 Å². The maximum Gasteiger partial charge on any atom is 0.245 e. The monoisotopic (exact) mass is 200 g/mol. The normalized spacial score (nSPS) is 22.4. The largest absolute Gasteiger partial charge is 0.313 e. The summed E-state index contributed by atoms with van der Waals surface area (Å²) < 4.78 is 0. The molecule has 0 radical (unpaired) electrons. The second-order valence-electron chi connectivity index (χ2n) is 4.74. The van der Waals surface area contributed by atoms with E-state index in [4.69, 9.17) is 4.84 Å². The van der Waals surface area contributed by atoms with E-state index < -0.39 is 0 Å². The first-order chi connectivity index (χ1) is 6.47. The van der Waals surface area contributed by atoms with Crippen LogP contribution in [0.3, 0.4) is 0 Å². The Kier molecular flexibility index (Phi) is 3.89. The quantitative estimate of drug-likeness (QED) is 0.668. The third kappa shape index (κ3) is 4.58. The van der Waals surface area contributed by atoms with Gasteiger partial charge >= 0.3 is 0 Å². The lowest BCUT2D eigenvalue weighted by Crippen LogP contribution is -2.36. The first kappa shape index (κ1) is 11.5. The number of hydroxylamine groups is 1. The highest BCUT2D eigenvalue weighted by Crippen LogP contribution is 2.09. The molecule has 82 valence electrons. The van der Waals surface area contributed by atoms with Gasteiger partial charge in [-0.15, -0.1) is 0 Å². The minimum absolute atomic E-state index is 0.0423. The molecule has 1 heterocycles. The summed E-state index contributed by atoms with van der Waals surface area (Å²) in [5.41, 5.74) is 2.15. The van der Waals surface area contributed by atoms with Crippen molar-refractivity contribution in [3.63, 3.8) is 0 Å². The fraction of sp³-hybridized carbons (Fsp3) is 0.900. The van der Waals surface area contributed by atoms with Crippen molar-refractivity contribution in [2.75, 3.05) is 6.54 Å². The smallest absolute Gasteiger partial charge is 0.245 e. The lowest BCUT2D eigenvalue weighted by atomic mass is 10.1. The zero-order valence-corrected chi connectivity index (χ0v) is 9.22. The number of nitrogens with one attached hydrogen (secondary N) is 2. The first-order valence-electron chi connectivity index (χ1n) is 5.17. The van der Waals surface area contributed by atoms with E-state index in [9.17, 15) is 4.79 Å². The maximum atomic E-state index is 11.4. The average Bonchev–Trinajstić information content (AvgIpc) is 2.52. The molecule has 0 aliphatic carbocycles. The standard InChI is InChI=1S/C10H20N2O2/c1-10(2,3)14-12-9(13)7-8-5-4-6-11-8/h8,11H,4-7H2,1-3H3,(H,12,13). The fourth-order valence-electron chi connectivity index (χ4n) is 1.41. The molecule has 1 rings (SSSR count). The summed E-state index contributed by atoms with van der Waals surface area (Å²) in [5.74, 6) is -0.0423. The van der Waals surface area contributed by atoms with Crippen LogP contribution in [-0.4, -0.2) is 24.1 Å². The van der Waals surface area contributed by atoms with Crippen molar-refractivity contribution in [2.24, 2.45) is 0 Å². The molecule has 0 bridgehead atoms. The van der Waals surface area contributed by atoms with E-state index in [1.54, 1.807) is 0 Å². The van der Waals surface area contributed by atoms with Gasteiger partial charge < -0.3 is 5.32 Å².